The molecule has 0 radical (unpaired) electrons. The Morgan fingerprint density at radius 3 is 2.29 bits per heavy atom. The molecule has 2 amide bonds. The van der Waals surface area contributed by atoms with Gasteiger partial charge >= 0.3 is 0 Å². The number of carbonyl (C=O) groups is 2. The minimum Gasteiger partial charge on any atom is -0.348 e. The molecule has 0 saturated carbocycles. The maximum Gasteiger partial charge on any atom is 0.293 e. The van der Waals surface area contributed by atoms with E-state index in [0.29, 0.717) is 29.1 Å². The number of nitrogens with one attached hydrogen (secondary N) is 2. The van der Waals surface area contributed by atoms with Crippen LogP contribution < -0.4 is 21.1 Å². The van der Waals surface area contributed by atoms with Crippen LogP contribution in [0.25, 0.3) is 11.3 Å². The zero-order valence-electron chi connectivity index (χ0n) is 26.0. The van der Waals surface area contributed by atoms with Crippen LogP contribution in [0.2, 0.25) is 0 Å². The molecule has 45 heavy (non-hydrogen) atoms. The van der Waals surface area contributed by atoms with Crippen LogP contribution in [0, 0.1) is 6.92 Å². The van der Waals surface area contributed by atoms with Crippen molar-refractivity contribution >= 4 is 29.0 Å². The predicted molar refractivity (Wildman–Crippen MR) is 178 cm³/mol. The topological polar surface area (TPSA) is 109 Å². The van der Waals surface area contributed by atoms with Gasteiger partial charge in [-0.25, -0.2) is 4.98 Å². The van der Waals surface area contributed by atoms with Crippen LogP contribution in [0.4, 0.5) is 17.2 Å². The van der Waals surface area contributed by atoms with E-state index >= 15 is 0 Å². The van der Waals surface area contributed by atoms with Gasteiger partial charge in [0.1, 0.15) is 0 Å². The molecule has 5 aromatic rings. The summed E-state index contributed by atoms with van der Waals surface area (Å²) in [7, 11) is 1.67. The zero-order chi connectivity index (χ0) is 32.1. The Morgan fingerprint density at radius 1 is 0.889 bits per heavy atom. The van der Waals surface area contributed by atoms with E-state index in [1.54, 1.807) is 54.8 Å². The van der Waals surface area contributed by atoms with Gasteiger partial charge in [0.25, 0.3) is 17.4 Å². The molecule has 228 valence electrons. The molecule has 5 rings (SSSR count). The van der Waals surface area contributed by atoms with Crippen LogP contribution in [0.3, 0.4) is 0 Å². The van der Waals surface area contributed by atoms with Gasteiger partial charge in [0.2, 0.25) is 0 Å². The molecule has 2 N–H and O–H groups in total. The third-order valence-electron chi connectivity index (χ3n) is 7.37. The van der Waals surface area contributed by atoms with Crippen molar-refractivity contribution in [3.63, 3.8) is 0 Å². The van der Waals surface area contributed by atoms with Crippen LogP contribution in [-0.4, -0.2) is 31.9 Å². The third kappa shape index (κ3) is 6.99. The van der Waals surface area contributed by atoms with Crippen LogP contribution in [0.5, 0.6) is 0 Å². The number of hydrogen-bond acceptors (Lipinski definition) is 6. The van der Waals surface area contributed by atoms with Crippen LogP contribution in [-0.2, 0) is 13.6 Å². The minimum atomic E-state index is -0.512. The maximum atomic E-state index is 13.7. The Labute approximate surface area is 262 Å². The van der Waals surface area contributed by atoms with Gasteiger partial charge in [0.15, 0.2) is 5.82 Å². The summed E-state index contributed by atoms with van der Waals surface area (Å²) in [5, 5.41) is 6.00. The first-order chi connectivity index (χ1) is 21.5. The predicted octanol–water partition coefficient (Wildman–Crippen LogP) is 6.27. The third-order valence-corrected chi connectivity index (χ3v) is 7.37. The molecule has 0 aliphatic rings. The summed E-state index contributed by atoms with van der Waals surface area (Å²) in [6.07, 6.45) is 5.08. The zero-order valence-corrected chi connectivity index (χ0v) is 26.0. The fourth-order valence-electron chi connectivity index (χ4n) is 5.07. The number of hydrogen-bond donors (Lipinski definition) is 2. The molecule has 0 aliphatic carbocycles. The van der Waals surface area contributed by atoms with Crippen molar-refractivity contribution < 1.29 is 9.59 Å². The number of benzene rings is 3. The SMILES string of the molecule is Cc1c(-c2cn(C)c(=O)c(Nc3ccc(C(=O)NCc4cccnc4)cc3)n2)cccc1N(C(=O)c1ccccc1)C(C)(C)C. The first kappa shape index (κ1) is 30.9. The molecule has 0 atom stereocenters. The maximum absolute atomic E-state index is 13.7. The first-order valence-corrected chi connectivity index (χ1v) is 14.6. The largest absolute Gasteiger partial charge is 0.348 e. The number of pyridine rings is 1. The standard InChI is InChI=1S/C36H36N6O3/c1-24-29(14-9-15-31(24)42(36(2,3)4)34(44)27-12-7-6-8-13-27)30-23-41(5)35(45)32(40-30)39-28-18-16-26(17-19-28)33(43)38-22-25-11-10-20-37-21-25/h6-21,23H,22H2,1-5H3,(H,38,43)(H,39,40). The monoisotopic (exact) mass is 600 g/mol. The summed E-state index contributed by atoms with van der Waals surface area (Å²) in [6, 6.07) is 25.5. The Balaban J connectivity index is 1.41. The highest BCUT2D eigenvalue weighted by Crippen LogP contribution is 2.34. The van der Waals surface area contributed by atoms with Crippen molar-refractivity contribution in [3.8, 4) is 11.3 Å². The second kappa shape index (κ2) is 13.0. The molecule has 0 aliphatic heterocycles. The van der Waals surface area contributed by atoms with Gasteiger partial charge in [-0.3, -0.25) is 19.4 Å². The number of amides is 2. The van der Waals surface area contributed by atoms with E-state index in [9.17, 15) is 14.4 Å². The molecule has 0 spiro atoms. The lowest BCUT2D eigenvalue weighted by molar-refractivity contribution is 0.0947. The Morgan fingerprint density at radius 2 is 1.62 bits per heavy atom. The van der Waals surface area contributed by atoms with Gasteiger partial charge in [-0.05, 0) is 87.4 Å². The molecule has 0 fully saturated rings. The Bertz CT molecular complexity index is 1880. The quantitative estimate of drug-likeness (QED) is 0.217. The van der Waals surface area contributed by atoms with E-state index in [1.807, 2.05) is 88.4 Å². The van der Waals surface area contributed by atoms with E-state index in [1.165, 1.54) is 4.57 Å². The van der Waals surface area contributed by atoms with Gasteiger partial charge in [0, 0.05) is 65.8 Å². The van der Waals surface area contributed by atoms with Crippen LogP contribution >= 0.6 is 0 Å². The molecule has 3 aromatic carbocycles. The summed E-state index contributed by atoms with van der Waals surface area (Å²) in [5.41, 5.74) is 4.77. The number of aromatic nitrogens is 3. The summed E-state index contributed by atoms with van der Waals surface area (Å²) < 4.78 is 1.48. The smallest absolute Gasteiger partial charge is 0.293 e. The molecular weight excluding hydrogens is 564 g/mol. The first-order valence-electron chi connectivity index (χ1n) is 14.6. The number of aryl methyl sites for hydroxylation is 1. The summed E-state index contributed by atoms with van der Waals surface area (Å²) >= 11 is 0. The van der Waals surface area contributed by atoms with Crippen molar-refractivity contribution in [1.29, 1.82) is 0 Å². The molecule has 2 aromatic heterocycles. The van der Waals surface area contributed by atoms with Crippen molar-refractivity contribution in [2.24, 2.45) is 7.05 Å². The lowest BCUT2D eigenvalue weighted by Gasteiger charge is -2.37. The lowest BCUT2D eigenvalue weighted by atomic mass is 9.97. The highest BCUT2D eigenvalue weighted by atomic mass is 16.2. The molecule has 9 nitrogen and oxygen atoms in total. The van der Waals surface area contributed by atoms with E-state index in [2.05, 4.69) is 15.6 Å². The fourth-order valence-corrected chi connectivity index (χ4v) is 5.07. The van der Waals surface area contributed by atoms with Crippen molar-refractivity contribution in [1.82, 2.24) is 19.9 Å². The molecule has 9 heteroatoms. The average molecular weight is 601 g/mol. The van der Waals surface area contributed by atoms with E-state index < -0.39 is 5.54 Å². The van der Waals surface area contributed by atoms with Gasteiger partial charge in [0.05, 0.1) is 5.69 Å². The summed E-state index contributed by atoms with van der Waals surface area (Å²) in [6.45, 7) is 8.33. The van der Waals surface area contributed by atoms with Crippen LogP contribution in [0.1, 0.15) is 52.6 Å². The minimum absolute atomic E-state index is 0.103. The number of nitrogens with zero attached hydrogens (tertiary/aromatic N) is 4. The molecule has 0 bridgehead atoms. The van der Waals surface area contributed by atoms with Crippen LogP contribution in [0.15, 0.2) is 108 Å². The van der Waals surface area contributed by atoms with Gasteiger partial charge in [-0.15, -0.1) is 0 Å². The van der Waals surface area contributed by atoms with Crippen molar-refractivity contribution in [3.05, 3.63) is 136 Å². The summed E-state index contributed by atoms with van der Waals surface area (Å²) in [4.78, 5) is 50.1. The van der Waals surface area contributed by atoms with E-state index in [4.69, 9.17) is 4.98 Å². The second-order valence-electron chi connectivity index (χ2n) is 11.8. The number of anilines is 3. The van der Waals surface area contributed by atoms with E-state index in [-0.39, 0.29) is 23.2 Å². The molecular formula is C36H36N6O3. The fraction of sp³-hybridized carbons (Fsp3) is 0.194. The number of rotatable bonds is 8. The Kier molecular flexibility index (Phi) is 8.90. The van der Waals surface area contributed by atoms with Gasteiger partial charge in [-0.2, -0.15) is 0 Å². The summed E-state index contributed by atoms with van der Waals surface area (Å²) in [5.74, 6) is -0.179. The normalized spacial score (nSPS) is 11.1. The lowest BCUT2D eigenvalue weighted by Crippen LogP contribution is -2.46. The molecule has 0 unspecified atom stereocenters. The average Bonchev–Trinajstić information content (AvgIpc) is 3.03. The second-order valence-corrected chi connectivity index (χ2v) is 11.8. The molecule has 0 saturated heterocycles. The highest BCUT2D eigenvalue weighted by Gasteiger charge is 2.30. The van der Waals surface area contributed by atoms with Crippen molar-refractivity contribution in [2.45, 2.75) is 39.8 Å². The molecule has 2 heterocycles. The number of carbonyl (C=O) groups excluding carboxylic acids is 2. The van der Waals surface area contributed by atoms with Gasteiger partial charge in [-0.1, -0.05) is 36.4 Å². The van der Waals surface area contributed by atoms with E-state index in [0.717, 1.165) is 22.4 Å². The van der Waals surface area contributed by atoms with Crippen molar-refractivity contribution in [2.75, 3.05) is 10.2 Å². The van der Waals surface area contributed by atoms with Gasteiger partial charge < -0.3 is 20.1 Å². The Hall–Kier alpha value is -5.57. The highest BCUT2D eigenvalue weighted by molar-refractivity contribution is 6.07.